The number of amides is 1. The molecule has 3 rings (SSSR count). The fourth-order valence-electron chi connectivity index (χ4n) is 3.30. The molecule has 2 aromatic rings. The third-order valence-electron chi connectivity index (χ3n) is 5.01. The van der Waals surface area contributed by atoms with Crippen LogP contribution in [-0.2, 0) is 21.4 Å². The first-order chi connectivity index (χ1) is 14.1. The molecule has 10 heteroatoms. The van der Waals surface area contributed by atoms with Crippen molar-refractivity contribution >= 4 is 15.9 Å². The third kappa shape index (κ3) is 4.96. The van der Waals surface area contributed by atoms with Gasteiger partial charge in [0.25, 0.3) is 5.91 Å². The van der Waals surface area contributed by atoms with Crippen molar-refractivity contribution in [2.45, 2.75) is 42.9 Å². The predicted molar refractivity (Wildman–Crippen MR) is 105 cm³/mol. The van der Waals surface area contributed by atoms with E-state index in [-0.39, 0.29) is 36.7 Å². The summed E-state index contributed by atoms with van der Waals surface area (Å²) in [7, 11) is -4.05. The second-order valence-corrected chi connectivity index (χ2v) is 9.34. The molecule has 2 aromatic carbocycles. The highest BCUT2D eigenvalue weighted by atomic mass is 32.2. The van der Waals surface area contributed by atoms with Gasteiger partial charge in [-0.1, -0.05) is 12.1 Å². The summed E-state index contributed by atoms with van der Waals surface area (Å²) in [5.74, 6) is -0.831. The Kier molecular flexibility index (Phi) is 6.41. The van der Waals surface area contributed by atoms with Gasteiger partial charge in [-0.05, 0) is 55.3 Å². The van der Waals surface area contributed by atoms with Gasteiger partial charge in [-0.25, -0.2) is 18.3 Å². The molecular formula is C20H23FN2O6S. The Balaban J connectivity index is 1.75. The van der Waals surface area contributed by atoms with Crippen molar-refractivity contribution in [3.8, 4) is 5.75 Å². The molecule has 3 N–H and O–H groups in total. The number of hydrogen-bond acceptors (Lipinski definition) is 6. The van der Waals surface area contributed by atoms with E-state index < -0.39 is 27.6 Å². The van der Waals surface area contributed by atoms with Crippen LogP contribution in [0.5, 0.6) is 5.75 Å². The molecule has 2 atom stereocenters. The van der Waals surface area contributed by atoms with E-state index in [0.717, 1.165) is 9.87 Å². The Hall–Kier alpha value is -2.53. The zero-order chi connectivity index (χ0) is 21.9. The maximum absolute atomic E-state index is 13.1. The minimum absolute atomic E-state index is 0.0473. The van der Waals surface area contributed by atoms with E-state index in [9.17, 15) is 22.7 Å². The van der Waals surface area contributed by atoms with Crippen molar-refractivity contribution in [2.24, 2.45) is 0 Å². The van der Waals surface area contributed by atoms with E-state index in [2.05, 4.69) is 0 Å². The summed E-state index contributed by atoms with van der Waals surface area (Å²) in [4.78, 5) is 12.0. The smallest absolute Gasteiger partial charge is 0.261 e. The van der Waals surface area contributed by atoms with Crippen LogP contribution in [0.25, 0.3) is 0 Å². The number of piperidine rings is 1. The molecule has 0 aromatic heterocycles. The summed E-state index contributed by atoms with van der Waals surface area (Å²) < 4.78 is 45.6. The molecule has 1 saturated heterocycles. The van der Waals surface area contributed by atoms with Crippen molar-refractivity contribution in [3.63, 3.8) is 0 Å². The third-order valence-corrected chi connectivity index (χ3v) is 6.94. The lowest BCUT2D eigenvalue weighted by atomic mass is 9.89. The quantitative estimate of drug-likeness (QED) is 0.468. The van der Waals surface area contributed by atoms with Gasteiger partial charge in [0.2, 0.25) is 10.0 Å². The monoisotopic (exact) mass is 438 g/mol. The number of carbonyl (C=O) groups is 1. The zero-order valence-electron chi connectivity index (χ0n) is 16.3. The second-order valence-electron chi connectivity index (χ2n) is 7.45. The average molecular weight is 438 g/mol. The summed E-state index contributed by atoms with van der Waals surface area (Å²) in [6.45, 7) is 1.63. The molecule has 30 heavy (non-hydrogen) atoms. The molecule has 0 saturated carbocycles. The van der Waals surface area contributed by atoms with Crippen LogP contribution in [0, 0.1) is 5.82 Å². The van der Waals surface area contributed by atoms with E-state index in [1.165, 1.54) is 48.8 Å². The standard InChI is InChI=1S/C20H23FN2O6S/c1-20(25)10-11-23(18(12-20)19(24)22-26)30(27,28)17-8-6-16(7-9-17)29-13-14-2-4-15(21)5-3-14/h2-9,18,25-26H,10-13H2,1H3,(H,22,24)/t18-,20?/m1/s1. The fourth-order valence-corrected chi connectivity index (χ4v) is 4.89. The van der Waals surface area contributed by atoms with Gasteiger partial charge in [-0.2, -0.15) is 4.31 Å². The largest absolute Gasteiger partial charge is 0.489 e. The SMILES string of the molecule is CC1(O)CCN(S(=O)(=O)c2ccc(OCc3ccc(F)cc3)cc2)[C@@H](C(=O)NO)C1. The maximum Gasteiger partial charge on any atom is 0.261 e. The van der Waals surface area contributed by atoms with Crippen molar-refractivity contribution in [2.75, 3.05) is 6.54 Å². The number of rotatable bonds is 6. The van der Waals surface area contributed by atoms with Gasteiger partial charge in [0.1, 0.15) is 24.2 Å². The van der Waals surface area contributed by atoms with Crippen molar-refractivity contribution in [1.29, 1.82) is 0 Å². The second kappa shape index (κ2) is 8.68. The lowest BCUT2D eigenvalue weighted by molar-refractivity contribution is -0.137. The Bertz CT molecular complexity index is 993. The molecule has 1 heterocycles. The van der Waals surface area contributed by atoms with Gasteiger partial charge in [0.05, 0.1) is 10.5 Å². The van der Waals surface area contributed by atoms with E-state index >= 15 is 0 Å². The van der Waals surface area contributed by atoms with Gasteiger partial charge < -0.3 is 9.84 Å². The zero-order valence-corrected chi connectivity index (χ0v) is 17.1. The number of hydrogen-bond donors (Lipinski definition) is 3. The minimum atomic E-state index is -4.05. The number of ether oxygens (including phenoxy) is 1. The lowest BCUT2D eigenvalue weighted by Gasteiger charge is -2.40. The Morgan fingerprint density at radius 1 is 1.23 bits per heavy atom. The minimum Gasteiger partial charge on any atom is -0.489 e. The molecule has 0 spiro atoms. The van der Waals surface area contributed by atoms with E-state index in [4.69, 9.17) is 9.94 Å². The first-order valence-corrected chi connectivity index (χ1v) is 10.7. The van der Waals surface area contributed by atoms with Crippen LogP contribution in [0.15, 0.2) is 53.4 Å². The van der Waals surface area contributed by atoms with Crippen LogP contribution >= 0.6 is 0 Å². The summed E-state index contributed by atoms with van der Waals surface area (Å²) in [5, 5.41) is 19.2. The molecule has 1 aliphatic rings. The van der Waals surface area contributed by atoms with Gasteiger partial charge >= 0.3 is 0 Å². The average Bonchev–Trinajstić information content (AvgIpc) is 2.72. The van der Waals surface area contributed by atoms with Gasteiger partial charge in [0, 0.05) is 13.0 Å². The first kappa shape index (κ1) is 22.2. The number of nitrogens with one attached hydrogen (secondary N) is 1. The van der Waals surface area contributed by atoms with Crippen LogP contribution in [0.2, 0.25) is 0 Å². The van der Waals surface area contributed by atoms with E-state index in [0.29, 0.717) is 5.75 Å². The number of benzene rings is 2. The van der Waals surface area contributed by atoms with Gasteiger partial charge in [-0.3, -0.25) is 10.0 Å². The van der Waals surface area contributed by atoms with Crippen molar-refractivity contribution in [3.05, 3.63) is 59.9 Å². The molecule has 1 aliphatic heterocycles. The van der Waals surface area contributed by atoms with Gasteiger partial charge in [0.15, 0.2) is 0 Å². The number of carbonyl (C=O) groups excluding carboxylic acids is 1. The molecule has 0 radical (unpaired) electrons. The van der Waals surface area contributed by atoms with E-state index in [1.54, 1.807) is 12.1 Å². The fraction of sp³-hybridized carbons (Fsp3) is 0.350. The van der Waals surface area contributed by atoms with Crippen LogP contribution in [0.4, 0.5) is 4.39 Å². The predicted octanol–water partition coefficient (Wildman–Crippen LogP) is 1.81. The normalized spacial score (nSPS) is 22.5. The molecule has 0 bridgehead atoms. The highest BCUT2D eigenvalue weighted by molar-refractivity contribution is 7.89. The molecule has 1 unspecified atom stereocenters. The topological polar surface area (TPSA) is 116 Å². The number of aliphatic hydroxyl groups is 1. The molecule has 0 aliphatic carbocycles. The summed E-state index contributed by atoms with van der Waals surface area (Å²) in [5.41, 5.74) is 1.01. The Morgan fingerprint density at radius 3 is 2.47 bits per heavy atom. The summed E-state index contributed by atoms with van der Waals surface area (Å²) >= 11 is 0. The van der Waals surface area contributed by atoms with Crippen molar-refractivity contribution < 1.29 is 32.7 Å². The molecule has 162 valence electrons. The Labute approximate surface area is 173 Å². The van der Waals surface area contributed by atoms with Crippen molar-refractivity contribution in [1.82, 2.24) is 9.79 Å². The first-order valence-electron chi connectivity index (χ1n) is 9.28. The van der Waals surface area contributed by atoms with Gasteiger partial charge in [-0.15, -0.1) is 0 Å². The van der Waals surface area contributed by atoms with Crippen LogP contribution in [0.1, 0.15) is 25.3 Å². The molecule has 8 nitrogen and oxygen atoms in total. The number of hydroxylamine groups is 1. The highest BCUT2D eigenvalue weighted by Crippen LogP contribution is 2.31. The molecule has 1 amide bonds. The summed E-state index contributed by atoms with van der Waals surface area (Å²) in [6, 6.07) is 10.3. The highest BCUT2D eigenvalue weighted by Gasteiger charge is 2.44. The molecule has 1 fully saturated rings. The maximum atomic E-state index is 13.1. The van der Waals surface area contributed by atoms with E-state index in [1.807, 2.05) is 0 Å². The Morgan fingerprint density at radius 2 is 1.87 bits per heavy atom. The number of nitrogens with zero attached hydrogens (tertiary/aromatic N) is 1. The molecular weight excluding hydrogens is 415 g/mol. The lowest BCUT2D eigenvalue weighted by Crippen LogP contribution is -2.57. The number of halogens is 1. The van der Waals surface area contributed by atoms with Crippen LogP contribution in [0.3, 0.4) is 0 Å². The number of sulfonamides is 1. The van der Waals surface area contributed by atoms with Crippen LogP contribution < -0.4 is 10.2 Å². The van der Waals surface area contributed by atoms with Crippen LogP contribution in [-0.4, -0.2) is 47.1 Å². The summed E-state index contributed by atoms with van der Waals surface area (Å²) in [6.07, 6.45) is 0.0117.